The van der Waals surface area contributed by atoms with E-state index in [2.05, 4.69) is 5.32 Å². The van der Waals surface area contributed by atoms with Crippen LogP contribution in [-0.4, -0.2) is 16.0 Å². The van der Waals surface area contributed by atoms with Crippen molar-refractivity contribution in [2.45, 2.75) is 13.1 Å². The van der Waals surface area contributed by atoms with E-state index in [1.54, 1.807) is 6.92 Å². The summed E-state index contributed by atoms with van der Waals surface area (Å²) >= 11 is 0. The number of nitro benzene ring substituents is 1. The predicted octanol–water partition coefficient (Wildman–Crippen LogP) is 4.36. The Morgan fingerprint density at radius 3 is 2.38 bits per heavy atom. The summed E-state index contributed by atoms with van der Waals surface area (Å²) in [5.41, 5.74) is -1.30. The van der Waals surface area contributed by atoms with E-state index in [0.717, 1.165) is 6.07 Å². The molecule has 0 aromatic heterocycles. The fraction of sp³-hybridized carbons (Fsp3) is 0.133. The van der Waals surface area contributed by atoms with Gasteiger partial charge in [-0.25, -0.2) is 4.79 Å². The molecule has 2 aromatic carbocycles. The molecule has 2 rings (SSSR count). The van der Waals surface area contributed by atoms with Crippen LogP contribution in [0, 0.1) is 17.0 Å². The number of nitrogens with zero attached hydrogens (tertiary/aromatic N) is 1. The number of halogens is 3. The molecule has 0 saturated heterocycles. The number of anilines is 2. The fourth-order valence-electron chi connectivity index (χ4n) is 2.00. The zero-order valence-corrected chi connectivity index (χ0v) is 12.2. The highest BCUT2D eigenvalue weighted by Crippen LogP contribution is 2.36. The van der Waals surface area contributed by atoms with E-state index in [9.17, 15) is 28.1 Å². The molecule has 0 aliphatic rings. The smallest absolute Gasteiger partial charge is 0.416 e. The van der Waals surface area contributed by atoms with Gasteiger partial charge in [0.05, 0.1) is 16.1 Å². The van der Waals surface area contributed by atoms with Crippen LogP contribution in [0.2, 0.25) is 0 Å². The lowest BCUT2D eigenvalue weighted by molar-refractivity contribution is -0.384. The lowest BCUT2D eigenvalue weighted by atomic mass is 10.1. The number of rotatable bonds is 4. The van der Waals surface area contributed by atoms with Crippen molar-refractivity contribution in [3.8, 4) is 0 Å². The van der Waals surface area contributed by atoms with Gasteiger partial charge in [0.25, 0.3) is 5.69 Å². The minimum atomic E-state index is -4.71. The van der Waals surface area contributed by atoms with Crippen molar-refractivity contribution in [3.05, 3.63) is 63.2 Å². The molecule has 0 atom stereocenters. The highest BCUT2D eigenvalue weighted by Gasteiger charge is 2.33. The number of carbonyl (C=O) groups is 1. The van der Waals surface area contributed by atoms with E-state index in [0.29, 0.717) is 17.7 Å². The summed E-state index contributed by atoms with van der Waals surface area (Å²) in [6.07, 6.45) is -4.71. The Labute approximate surface area is 133 Å². The van der Waals surface area contributed by atoms with Crippen LogP contribution < -0.4 is 5.32 Å². The summed E-state index contributed by atoms with van der Waals surface area (Å²) in [5.74, 6) is -1.19. The number of aryl methyl sites for hydroxylation is 1. The Kier molecular flexibility index (Phi) is 4.45. The molecule has 126 valence electrons. The molecular formula is C15H11F3N2O4. The number of aromatic carboxylic acids is 1. The van der Waals surface area contributed by atoms with Crippen LogP contribution in [-0.2, 0) is 6.18 Å². The van der Waals surface area contributed by atoms with Gasteiger partial charge in [0.2, 0.25) is 0 Å². The maximum Gasteiger partial charge on any atom is 0.416 e. The number of hydrogen-bond donors (Lipinski definition) is 2. The molecule has 0 bridgehead atoms. The molecule has 0 heterocycles. The average Bonchev–Trinajstić information content (AvgIpc) is 2.48. The number of hydrogen-bond acceptors (Lipinski definition) is 4. The van der Waals surface area contributed by atoms with Crippen molar-refractivity contribution in [1.82, 2.24) is 0 Å². The first-order valence-corrected chi connectivity index (χ1v) is 6.56. The van der Waals surface area contributed by atoms with Gasteiger partial charge in [0.15, 0.2) is 0 Å². The molecule has 6 nitrogen and oxygen atoms in total. The maximum atomic E-state index is 12.7. The monoisotopic (exact) mass is 340 g/mol. The molecule has 0 saturated carbocycles. The van der Waals surface area contributed by atoms with Gasteiger partial charge in [0, 0.05) is 11.8 Å². The molecule has 9 heteroatoms. The summed E-state index contributed by atoms with van der Waals surface area (Å²) in [6.45, 7) is 1.63. The Morgan fingerprint density at radius 2 is 1.83 bits per heavy atom. The molecular weight excluding hydrogens is 329 g/mol. The largest absolute Gasteiger partial charge is 0.478 e. The van der Waals surface area contributed by atoms with Gasteiger partial charge in [-0.1, -0.05) is 6.07 Å². The topological polar surface area (TPSA) is 92.5 Å². The van der Waals surface area contributed by atoms with Crippen molar-refractivity contribution in [3.63, 3.8) is 0 Å². The maximum absolute atomic E-state index is 12.7. The first-order chi connectivity index (χ1) is 11.1. The second kappa shape index (κ2) is 6.19. The van der Waals surface area contributed by atoms with Gasteiger partial charge < -0.3 is 10.4 Å². The van der Waals surface area contributed by atoms with E-state index in [1.807, 2.05) is 0 Å². The quantitative estimate of drug-likeness (QED) is 0.637. The SMILES string of the molecule is Cc1ccc(C(=O)O)cc1Nc1ccc(C(F)(F)F)cc1[N+](=O)[O-]. The van der Waals surface area contributed by atoms with Crippen molar-refractivity contribution < 1.29 is 28.0 Å². The van der Waals surface area contributed by atoms with Gasteiger partial charge in [-0.2, -0.15) is 13.2 Å². The third kappa shape index (κ3) is 3.62. The molecule has 0 fully saturated rings. The fourth-order valence-corrected chi connectivity index (χ4v) is 2.00. The Hall–Kier alpha value is -3.10. The van der Waals surface area contributed by atoms with E-state index in [-0.39, 0.29) is 16.9 Å². The summed E-state index contributed by atoms with van der Waals surface area (Å²) in [4.78, 5) is 21.1. The number of nitro groups is 1. The average molecular weight is 340 g/mol. The van der Waals surface area contributed by atoms with Gasteiger partial charge in [-0.05, 0) is 36.8 Å². The second-order valence-corrected chi connectivity index (χ2v) is 4.95. The molecule has 0 amide bonds. The van der Waals surface area contributed by atoms with Crippen molar-refractivity contribution in [2.75, 3.05) is 5.32 Å². The highest BCUT2D eigenvalue weighted by atomic mass is 19.4. The molecule has 0 aliphatic carbocycles. The molecule has 0 aliphatic heterocycles. The predicted molar refractivity (Wildman–Crippen MR) is 79.5 cm³/mol. The highest BCUT2D eigenvalue weighted by molar-refractivity contribution is 5.89. The van der Waals surface area contributed by atoms with Crippen molar-refractivity contribution >= 4 is 23.0 Å². The van der Waals surface area contributed by atoms with Crippen LogP contribution in [0.5, 0.6) is 0 Å². The van der Waals surface area contributed by atoms with E-state index in [4.69, 9.17) is 5.11 Å². The van der Waals surface area contributed by atoms with E-state index in [1.165, 1.54) is 18.2 Å². The number of carboxylic acids is 1. The zero-order chi connectivity index (χ0) is 18.1. The standard InChI is InChI=1S/C15H11F3N2O4/c1-8-2-3-9(14(21)22)6-12(8)19-11-5-4-10(15(16,17)18)7-13(11)20(23)24/h2-7,19H,1H3,(H,21,22). The van der Waals surface area contributed by atoms with Gasteiger partial charge in [-0.3, -0.25) is 10.1 Å². The minimum Gasteiger partial charge on any atom is -0.478 e. The van der Waals surface area contributed by atoms with Gasteiger partial charge in [-0.15, -0.1) is 0 Å². The third-order valence-electron chi connectivity index (χ3n) is 3.28. The molecule has 0 radical (unpaired) electrons. The molecule has 2 N–H and O–H groups in total. The molecule has 24 heavy (non-hydrogen) atoms. The van der Waals surface area contributed by atoms with Crippen LogP contribution >= 0.6 is 0 Å². The number of carboxylic acid groups (broad SMARTS) is 1. The van der Waals surface area contributed by atoms with Crippen LogP contribution in [0.15, 0.2) is 36.4 Å². The van der Waals surface area contributed by atoms with E-state index >= 15 is 0 Å². The van der Waals surface area contributed by atoms with Crippen molar-refractivity contribution in [2.24, 2.45) is 0 Å². The zero-order valence-electron chi connectivity index (χ0n) is 12.2. The first kappa shape index (κ1) is 17.3. The molecule has 0 spiro atoms. The van der Waals surface area contributed by atoms with Crippen molar-refractivity contribution in [1.29, 1.82) is 0 Å². The van der Waals surface area contributed by atoms with Crippen LogP contribution in [0.4, 0.5) is 30.2 Å². The van der Waals surface area contributed by atoms with Gasteiger partial charge in [0.1, 0.15) is 5.69 Å². The summed E-state index contributed by atoms with van der Waals surface area (Å²) in [5, 5.41) is 22.7. The Balaban J connectivity index is 2.48. The minimum absolute atomic E-state index is 0.0577. The number of alkyl halides is 3. The Morgan fingerprint density at radius 1 is 1.17 bits per heavy atom. The van der Waals surface area contributed by atoms with Crippen LogP contribution in [0.3, 0.4) is 0 Å². The summed E-state index contributed by atoms with van der Waals surface area (Å²) < 4.78 is 38.1. The van der Waals surface area contributed by atoms with Crippen LogP contribution in [0.25, 0.3) is 0 Å². The van der Waals surface area contributed by atoms with E-state index < -0.39 is 28.3 Å². The number of benzene rings is 2. The lowest BCUT2D eigenvalue weighted by Gasteiger charge is -2.12. The normalized spacial score (nSPS) is 11.2. The summed E-state index contributed by atoms with van der Waals surface area (Å²) in [7, 11) is 0. The lowest BCUT2D eigenvalue weighted by Crippen LogP contribution is -2.07. The number of nitrogens with one attached hydrogen (secondary N) is 1. The van der Waals surface area contributed by atoms with Gasteiger partial charge >= 0.3 is 12.1 Å². The second-order valence-electron chi connectivity index (χ2n) is 4.95. The summed E-state index contributed by atoms with van der Waals surface area (Å²) in [6, 6.07) is 6.17. The molecule has 2 aromatic rings. The molecule has 0 unspecified atom stereocenters. The van der Waals surface area contributed by atoms with Crippen LogP contribution in [0.1, 0.15) is 21.5 Å². The first-order valence-electron chi connectivity index (χ1n) is 6.56. The third-order valence-corrected chi connectivity index (χ3v) is 3.28. The Bertz CT molecular complexity index is 819.